The van der Waals surface area contributed by atoms with Crippen LogP contribution in [-0.4, -0.2) is 36.9 Å². The Kier molecular flexibility index (Phi) is 2.90. The summed E-state index contributed by atoms with van der Waals surface area (Å²) >= 11 is 0. The van der Waals surface area contributed by atoms with Crippen molar-refractivity contribution in [3.8, 4) is 0 Å². The van der Waals surface area contributed by atoms with Gasteiger partial charge in [-0.3, -0.25) is 9.48 Å². The zero-order valence-electron chi connectivity index (χ0n) is 9.58. The first kappa shape index (κ1) is 11.3. The van der Waals surface area contributed by atoms with Crippen LogP contribution in [0.4, 0.5) is 5.82 Å². The van der Waals surface area contributed by atoms with Crippen molar-refractivity contribution in [1.29, 1.82) is 0 Å². The molecule has 0 spiro atoms. The first-order valence-corrected chi connectivity index (χ1v) is 5.19. The average molecular weight is 235 g/mol. The molecule has 1 unspecified atom stereocenters. The van der Waals surface area contributed by atoms with Crippen LogP contribution < -0.4 is 5.32 Å². The lowest BCUT2D eigenvalue weighted by Gasteiger charge is -2.12. The molecule has 2 aromatic rings. The summed E-state index contributed by atoms with van der Waals surface area (Å²) in [5.41, 5.74) is 0.713. The van der Waals surface area contributed by atoms with Crippen LogP contribution in [-0.2, 0) is 11.8 Å². The Labute approximate surface area is 97.5 Å². The third kappa shape index (κ3) is 2.32. The van der Waals surface area contributed by atoms with Gasteiger partial charge >= 0.3 is 5.97 Å². The first-order chi connectivity index (χ1) is 8.08. The number of carbonyl (C=O) groups is 1. The number of rotatable bonds is 4. The quantitative estimate of drug-likeness (QED) is 0.807. The molecule has 2 heterocycles. The Hall–Kier alpha value is -2.18. The molecule has 2 N–H and O–H groups in total. The minimum Gasteiger partial charge on any atom is -0.481 e. The normalized spacial score (nSPS) is 12.6. The number of aliphatic carboxylic acids is 1. The van der Waals surface area contributed by atoms with E-state index in [1.54, 1.807) is 24.9 Å². The number of anilines is 1. The summed E-state index contributed by atoms with van der Waals surface area (Å²) in [6, 6.07) is -0.203. The third-order valence-electron chi connectivity index (χ3n) is 2.39. The van der Waals surface area contributed by atoms with Gasteiger partial charge in [-0.1, -0.05) is 0 Å². The average Bonchev–Trinajstić information content (AvgIpc) is 2.61. The molecular weight excluding hydrogens is 222 g/mol. The summed E-state index contributed by atoms with van der Waals surface area (Å²) in [4.78, 5) is 18.8. The van der Waals surface area contributed by atoms with E-state index in [0.29, 0.717) is 11.5 Å². The van der Waals surface area contributed by atoms with Crippen molar-refractivity contribution in [3.05, 3.63) is 12.5 Å². The van der Waals surface area contributed by atoms with Crippen molar-refractivity contribution in [2.75, 3.05) is 5.32 Å². The van der Waals surface area contributed by atoms with Crippen molar-refractivity contribution in [1.82, 2.24) is 19.7 Å². The summed E-state index contributed by atoms with van der Waals surface area (Å²) < 4.78 is 1.64. The van der Waals surface area contributed by atoms with Crippen LogP contribution in [0.2, 0.25) is 0 Å². The monoisotopic (exact) mass is 235 g/mol. The number of aryl methyl sites for hydroxylation is 1. The first-order valence-electron chi connectivity index (χ1n) is 5.19. The van der Waals surface area contributed by atoms with Crippen molar-refractivity contribution in [2.45, 2.75) is 19.4 Å². The van der Waals surface area contributed by atoms with Crippen LogP contribution in [0, 0.1) is 0 Å². The van der Waals surface area contributed by atoms with Crippen LogP contribution in [0.5, 0.6) is 0 Å². The van der Waals surface area contributed by atoms with Crippen molar-refractivity contribution < 1.29 is 9.90 Å². The molecule has 0 aliphatic heterocycles. The maximum Gasteiger partial charge on any atom is 0.305 e. The molecule has 0 radical (unpaired) electrons. The standard InChI is InChI=1S/C10H13N5O2/c1-6(3-8(16)17)14-9-7-4-13-15(2)10(7)12-5-11-9/h4-6H,3H2,1-2H3,(H,16,17)(H,11,12,14). The van der Waals surface area contributed by atoms with Crippen LogP contribution in [0.1, 0.15) is 13.3 Å². The Balaban J connectivity index is 2.27. The lowest BCUT2D eigenvalue weighted by molar-refractivity contribution is -0.137. The zero-order chi connectivity index (χ0) is 12.4. The van der Waals surface area contributed by atoms with Crippen LogP contribution in [0.25, 0.3) is 11.0 Å². The molecule has 0 aliphatic rings. The highest BCUT2D eigenvalue weighted by atomic mass is 16.4. The highest BCUT2D eigenvalue weighted by molar-refractivity contribution is 5.86. The SMILES string of the molecule is CC(CC(=O)O)Nc1ncnc2c1cnn2C. The lowest BCUT2D eigenvalue weighted by Crippen LogP contribution is -2.20. The van der Waals surface area contributed by atoms with Crippen LogP contribution in [0.3, 0.4) is 0 Å². The number of nitrogens with one attached hydrogen (secondary N) is 1. The van der Waals surface area contributed by atoms with Gasteiger partial charge in [0.1, 0.15) is 12.1 Å². The molecule has 0 bridgehead atoms. The lowest BCUT2D eigenvalue weighted by atomic mass is 10.2. The zero-order valence-corrected chi connectivity index (χ0v) is 9.58. The summed E-state index contributed by atoms with van der Waals surface area (Å²) in [5.74, 6) is -0.238. The summed E-state index contributed by atoms with van der Waals surface area (Å²) in [7, 11) is 1.79. The van der Waals surface area contributed by atoms with E-state index in [4.69, 9.17) is 5.11 Å². The summed E-state index contributed by atoms with van der Waals surface area (Å²) in [6.07, 6.45) is 3.12. The topological polar surface area (TPSA) is 92.9 Å². The summed E-state index contributed by atoms with van der Waals surface area (Å²) in [5, 5.41) is 16.6. The van der Waals surface area contributed by atoms with Gasteiger partial charge in [0.25, 0.3) is 0 Å². The second-order valence-corrected chi connectivity index (χ2v) is 3.87. The number of nitrogens with zero attached hydrogens (tertiary/aromatic N) is 4. The summed E-state index contributed by atoms with van der Waals surface area (Å²) in [6.45, 7) is 1.79. The minimum atomic E-state index is -0.846. The number of hydrogen-bond acceptors (Lipinski definition) is 5. The van der Waals surface area contributed by atoms with Crippen molar-refractivity contribution >= 4 is 22.8 Å². The second kappa shape index (κ2) is 4.36. The second-order valence-electron chi connectivity index (χ2n) is 3.87. The molecule has 90 valence electrons. The van der Waals surface area contributed by atoms with E-state index in [2.05, 4.69) is 20.4 Å². The number of carboxylic acids is 1. The largest absolute Gasteiger partial charge is 0.481 e. The molecular formula is C10H13N5O2. The van der Waals surface area contributed by atoms with E-state index in [1.165, 1.54) is 6.33 Å². The molecule has 1 atom stereocenters. The Morgan fingerprint density at radius 3 is 3.06 bits per heavy atom. The number of aromatic nitrogens is 4. The fourth-order valence-corrected chi connectivity index (χ4v) is 1.62. The molecule has 0 saturated carbocycles. The molecule has 0 aromatic carbocycles. The fourth-order valence-electron chi connectivity index (χ4n) is 1.62. The van der Waals surface area contributed by atoms with Gasteiger partial charge < -0.3 is 10.4 Å². The number of carboxylic acid groups (broad SMARTS) is 1. The smallest absolute Gasteiger partial charge is 0.305 e. The maximum atomic E-state index is 10.6. The van der Waals surface area contributed by atoms with E-state index < -0.39 is 5.97 Å². The van der Waals surface area contributed by atoms with Gasteiger partial charge in [0, 0.05) is 13.1 Å². The van der Waals surface area contributed by atoms with Gasteiger partial charge in [0.15, 0.2) is 5.65 Å². The predicted molar refractivity (Wildman–Crippen MR) is 61.6 cm³/mol. The fraction of sp³-hybridized carbons (Fsp3) is 0.400. The maximum absolute atomic E-state index is 10.6. The van der Waals surface area contributed by atoms with Gasteiger partial charge in [-0.05, 0) is 6.92 Å². The van der Waals surface area contributed by atoms with Crippen LogP contribution in [0.15, 0.2) is 12.5 Å². The van der Waals surface area contributed by atoms with Gasteiger partial charge in [0.05, 0.1) is 18.0 Å². The molecule has 2 aromatic heterocycles. The Morgan fingerprint density at radius 1 is 1.59 bits per heavy atom. The predicted octanol–water partition coefficient (Wildman–Crippen LogP) is 0.638. The van der Waals surface area contributed by atoms with E-state index >= 15 is 0 Å². The van der Waals surface area contributed by atoms with Gasteiger partial charge in [-0.2, -0.15) is 5.10 Å². The van der Waals surface area contributed by atoms with Gasteiger partial charge in [-0.15, -0.1) is 0 Å². The number of hydrogen-bond donors (Lipinski definition) is 2. The van der Waals surface area contributed by atoms with Crippen molar-refractivity contribution in [3.63, 3.8) is 0 Å². The molecule has 0 saturated heterocycles. The van der Waals surface area contributed by atoms with Gasteiger partial charge in [-0.25, -0.2) is 9.97 Å². The highest BCUT2D eigenvalue weighted by Crippen LogP contribution is 2.18. The highest BCUT2D eigenvalue weighted by Gasteiger charge is 2.12. The van der Waals surface area contributed by atoms with E-state index in [1.807, 2.05) is 0 Å². The van der Waals surface area contributed by atoms with E-state index in [9.17, 15) is 4.79 Å². The molecule has 7 nitrogen and oxygen atoms in total. The molecule has 17 heavy (non-hydrogen) atoms. The molecule has 0 aliphatic carbocycles. The Morgan fingerprint density at radius 2 is 2.35 bits per heavy atom. The van der Waals surface area contributed by atoms with Crippen molar-refractivity contribution in [2.24, 2.45) is 7.05 Å². The molecule has 0 fully saturated rings. The third-order valence-corrected chi connectivity index (χ3v) is 2.39. The van der Waals surface area contributed by atoms with Crippen LogP contribution >= 0.6 is 0 Å². The Bertz CT molecular complexity index is 551. The van der Waals surface area contributed by atoms with E-state index in [-0.39, 0.29) is 12.5 Å². The van der Waals surface area contributed by atoms with Gasteiger partial charge in [0.2, 0.25) is 0 Å². The minimum absolute atomic E-state index is 0.0335. The molecule has 0 amide bonds. The molecule has 2 rings (SSSR count). The molecule has 7 heteroatoms. The van der Waals surface area contributed by atoms with E-state index in [0.717, 1.165) is 5.39 Å². The number of fused-ring (bicyclic) bond motifs is 1.